The molecule has 4 aromatic carbocycles. The van der Waals surface area contributed by atoms with Gasteiger partial charge in [-0.1, -0.05) is 23.8 Å². The number of hydrogen-bond donors (Lipinski definition) is 1. The smallest absolute Gasteiger partial charge is 0.258 e. The zero-order valence-electron chi connectivity index (χ0n) is 32.3. The first-order valence-electron chi connectivity index (χ1n) is 18.7. The van der Waals surface area contributed by atoms with Crippen molar-refractivity contribution in [2.75, 3.05) is 43.0 Å². The van der Waals surface area contributed by atoms with Crippen molar-refractivity contribution < 1.29 is 38.1 Å². The van der Waals surface area contributed by atoms with E-state index < -0.39 is 62.9 Å². The van der Waals surface area contributed by atoms with Crippen LogP contribution in [0.15, 0.2) is 113 Å². The van der Waals surface area contributed by atoms with E-state index in [1.807, 2.05) is 49.3 Å². The van der Waals surface area contributed by atoms with Gasteiger partial charge in [-0.25, -0.2) is 9.29 Å². The Hall–Kier alpha value is -6.05. The predicted molar refractivity (Wildman–Crippen MR) is 221 cm³/mol. The highest BCUT2D eigenvalue weighted by molar-refractivity contribution is 6.58. The monoisotopic (exact) mass is 837 g/mol. The Morgan fingerprint density at radius 2 is 1.36 bits per heavy atom. The van der Waals surface area contributed by atoms with Crippen molar-refractivity contribution in [2.24, 2.45) is 33.9 Å². The number of imide groups is 2. The molecule has 2 heterocycles. The van der Waals surface area contributed by atoms with E-state index in [2.05, 4.69) is 10.2 Å². The molecular formula is C44H38Cl2FN5O7. The van der Waals surface area contributed by atoms with E-state index in [9.17, 15) is 28.7 Å². The van der Waals surface area contributed by atoms with Crippen LogP contribution >= 0.6 is 23.2 Å². The fourth-order valence-electron chi connectivity index (χ4n) is 8.72. The number of methoxy groups -OCH3 is 2. The van der Waals surface area contributed by atoms with Gasteiger partial charge >= 0.3 is 0 Å². The molecule has 2 saturated heterocycles. The molecule has 0 bridgehead atoms. The van der Waals surface area contributed by atoms with Crippen LogP contribution in [0.25, 0.3) is 6.08 Å². The Kier molecular flexibility index (Phi) is 10.1. The largest absolute Gasteiger partial charge is 0.502 e. The highest BCUT2D eigenvalue weighted by atomic mass is 35.5. The zero-order chi connectivity index (χ0) is 42.0. The molecule has 0 spiro atoms. The van der Waals surface area contributed by atoms with Gasteiger partial charge in [0.2, 0.25) is 17.6 Å². The number of ether oxygens (including phenoxy) is 2. The first-order chi connectivity index (χ1) is 28.2. The van der Waals surface area contributed by atoms with E-state index in [1.165, 1.54) is 26.4 Å². The average Bonchev–Trinajstić information content (AvgIpc) is 3.57. The molecule has 6 unspecified atom stereocenters. The molecule has 8 rings (SSSR count). The fourth-order valence-corrected chi connectivity index (χ4v) is 9.61. The summed E-state index contributed by atoms with van der Waals surface area (Å²) in [6, 6.07) is 22.0. The summed E-state index contributed by atoms with van der Waals surface area (Å²) in [6.07, 6.45) is 5.01. The van der Waals surface area contributed by atoms with Crippen LogP contribution in [-0.4, -0.2) is 66.8 Å². The molecule has 3 fully saturated rings. The lowest BCUT2D eigenvalue weighted by Crippen LogP contribution is -2.60. The van der Waals surface area contributed by atoms with Crippen molar-refractivity contribution in [2.45, 2.75) is 22.6 Å². The van der Waals surface area contributed by atoms with Gasteiger partial charge in [0, 0.05) is 25.7 Å². The van der Waals surface area contributed by atoms with Gasteiger partial charge in [0.25, 0.3) is 11.8 Å². The normalized spacial score (nSPS) is 26.3. The number of halogens is 3. The van der Waals surface area contributed by atoms with Crippen molar-refractivity contribution >= 4 is 81.3 Å². The van der Waals surface area contributed by atoms with E-state index in [1.54, 1.807) is 48.6 Å². The molecule has 4 amide bonds. The molecule has 1 saturated carbocycles. The molecule has 4 aromatic rings. The average molecular weight is 839 g/mol. The molecule has 2 aliphatic heterocycles. The molecule has 302 valence electrons. The van der Waals surface area contributed by atoms with Crippen LogP contribution in [0.4, 0.5) is 32.8 Å². The van der Waals surface area contributed by atoms with Crippen LogP contribution in [0.2, 0.25) is 0 Å². The maximum Gasteiger partial charge on any atom is 0.258 e. The van der Waals surface area contributed by atoms with Gasteiger partial charge < -0.3 is 19.5 Å². The second-order valence-corrected chi connectivity index (χ2v) is 16.3. The van der Waals surface area contributed by atoms with Crippen LogP contribution in [0.3, 0.4) is 0 Å². The minimum Gasteiger partial charge on any atom is -0.502 e. The van der Waals surface area contributed by atoms with Crippen molar-refractivity contribution in [3.8, 4) is 17.2 Å². The van der Waals surface area contributed by atoms with E-state index in [0.717, 1.165) is 27.6 Å². The number of azo groups is 1. The number of benzene rings is 4. The Bertz CT molecular complexity index is 2450. The lowest BCUT2D eigenvalue weighted by Gasteiger charge is -2.49. The molecule has 6 atom stereocenters. The number of rotatable bonds is 9. The Morgan fingerprint density at radius 3 is 1.93 bits per heavy atom. The topological polar surface area (TPSA) is 141 Å². The molecule has 12 nitrogen and oxygen atoms in total. The third kappa shape index (κ3) is 6.34. The number of aromatic hydroxyl groups is 1. The number of carbonyl (C=O) groups excluding carboxylic acids is 4. The molecule has 0 aromatic heterocycles. The number of phenolic OH excluding ortho intramolecular Hbond substituents is 1. The standard InChI is InChI=1S/C44H38Cl2FN5O7/c1-50(2)28-14-8-26(9-15-28)48-49-27-10-16-29(17-11-27)51-39(54)32-19-18-31-33(37(32)40(51)55)23-43(45)41(56)52(30-12-6-25(47)7-13-30)42(57)44(43,46)34(31)20-5-24-21-35(58-3)38(53)36(22-24)59-4/h5-18,20-22,32-34,37,53H,19,23H2,1-4H3. The van der Waals surface area contributed by atoms with E-state index in [4.69, 9.17) is 32.7 Å². The highest BCUT2D eigenvalue weighted by Gasteiger charge is 2.76. The molecular weight excluding hydrogens is 800 g/mol. The summed E-state index contributed by atoms with van der Waals surface area (Å²) < 4.78 is 24.7. The van der Waals surface area contributed by atoms with Crippen LogP contribution in [0, 0.1) is 29.5 Å². The molecule has 4 aliphatic rings. The third-order valence-electron chi connectivity index (χ3n) is 11.7. The number of nitrogens with zero attached hydrogens (tertiary/aromatic N) is 5. The van der Waals surface area contributed by atoms with Crippen molar-refractivity contribution in [3.63, 3.8) is 0 Å². The summed E-state index contributed by atoms with van der Waals surface area (Å²) in [5, 5.41) is 19.2. The molecule has 1 N–H and O–H groups in total. The Morgan fingerprint density at radius 1 is 0.797 bits per heavy atom. The number of alkyl halides is 2. The van der Waals surface area contributed by atoms with Crippen molar-refractivity contribution in [3.05, 3.63) is 114 Å². The lowest BCUT2D eigenvalue weighted by atomic mass is 9.57. The van der Waals surface area contributed by atoms with Crippen LogP contribution in [0.1, 0.15) is 18.4 Å². The van der Waals surface area contributed by atoms with Crippen molar-refractivity contribution in [1.82, 2.24) is 0 Å². The number of allylic oxidation sites excluding steroid dienone is 3. The van der Waals surface area contributed by atoms with Crippen molar-refractivity contribution in [1.29, 1.82) is 0 Å². The molecule has 59 heavy (non-hydrogen) atoms. The summed E-state index contributed by atoms with van der Waals surface area (Å²) in [5.74, 6) is -6.66. The fraction of sp³-hybridized carbons (Fsp3) is 0.273. The first kappa shape index (κ1) is 39.8. The van der Waals surface area contributed by atoms with Gasteiger partial charge in [-0.05, 0) is 109 Å². The maximum atomic E-state index is 14.6. The maximum absolute atomic E-state index is 14.6. The third-order valence-corrected chi connectivity index (χ3v) is 13.1. The minimum atomic E-state index is -2.11. The molecule has 0 radical (unpaired) electrons. The van der Waals surface area contributed by atoms with Gasteiger partial charge in [-0.2, -0.15) is 10.2 Å². The van der Waals surface area contributed by atoms with Crippen LogP contribution in [-0.2, 0) is 19.2 Å². The quantitative estimate of drug-likeness (QED) is 0.0768. The lowest BCUT2D eigenvalue weighted by molar-refractivity contribution is -0.125. The number of phenols is 1. The number of carbonyl (C=O) groups is 4. The van der Waals surface area contributed by atoms with E-state index >= 15 is 0 Å². The zero-order valence-corrected chi connectivity index (χ0v) is 33.8. The summed E-state index contributed by atoms with van der Waals surface area (Å²) in [5.41, 5.74) is 3.66. The minimum absolute atomic E-state index is 0.0740. The van der Waals surface area contributed by atoms with E-state index in [-0.39, 0.29) is 35.8 Å². The number of anilines is 3. The summed E-state index contributed by atoms with van der Waals surface area (Å²) >= 11 is 14.9. The predicted octanol–water partition coefficient (Wildman–Crippen LogP) is 8.34. The molecule has 15 heteroatoms. The van der Waals surface area contributed by atoms with Gasteiger partial charge in [-0.15, -0.1) is 23.2 Å². The summed E-state index contributed by atoms with van der Waals surface area (Å²) in [7, 11) is 6.66. The molecule has 2 aliphatic carbocycles. The number of amides is 4. The highest BCUT2D eigenvalue weighted by Crippen LogP contribution is 2.63. The van der Waals surface area contributed by atoms with Gasteiger partial charge in [-0.3, -0.25) is 24.1 Å². The van der Waals surface area contributed by atoms with E-state index in [0.29, 0.717) is 28.2 Å². The van der Waals surface area contributed by atoms with Gasteiger partial charge in [0.05, 0.1) is 48.8 Å². The summed E-state index contributed by atoms with van der Waals surface area (Å²) in [4.78, 5) is 57.6. The second-order valence-electron chi connectivity index (χ2n) is 15.1. The van der Waals surface area contributed by atoms with Gasteiger partial charge in [0.1, 0.15) is 5.82 Å². The first-order valence-corrected chi connectivity index (χ1v) is 19.5. The Labute approximate surface area is 349 Å². The summed E-state index contributed by atoms with van der Waals surface area (Å²) in [6.45, 7) is 0. The number of fused-ring (bicyclic) bond motifs is 4. The second kappa shape index (κ2) is 15.0. The Balaban J connectivity index is 1.15. The van der Waals surface area contributed by atoms with Gasteiger partial charge in [0.15, 0.2) is 21.2 Å². The number of hydrogen-bond acceptors (Lipinski definition) is 10. The van der Waals surface area contributed by atoms with Crippen LogP contribution in [0.5, 0.6) is 17.2 Å². The van der Waals surface area contributed by atoms with Crippen LogP contribution < -0.4 is 24.2 Å². The SMILES string of the molecule is COc1cc(C=CC2C3=CCC4C(=O)N(c5ccc(N=Nc6ccc(N(C)C)cc6)cc5)C(=O)C4C3CC3(Cl)C(=O)N(c4ccc(F)cc4)C(=O)C23Cl)cc(OC)c1O.